The molecule has 1 saturated carbocycles. The van der Waals surface area contributed by atoms with Crippen LogP contribution in [0, 0.1) is 0 Å². The SMILES string of the molecule is CSc1ncccc1C(=O)OCC(=O)c1ccc(C2CCCCC2)cc1. The minimum atomic E-state index is -0.519. The molecule has 0 amide bonds. The van der Waals surface area contributed by atoms with E-state index in [1.807, 2.05) is 30.5 Å². The smallest absolute Gasteiger partial charge is 0.341 e. The number of ether oxygens (including phenoxy) is 1. The van der Waals surface area contributed by atoms with Crippen molar-refractivity contribution < 1.29 is 14.3 Å². The van der Waals surface area contributed by atoms with Crippen LogP contribution in [0.25, 0.3) is 0 Å². The van der Waals surface area contributed by atoms with Gasteiger partial charge in [0.15, 0.2) is 12.4 Å². The van der Waals surface area contributed by atoms with Crippen molar-refractivity contribution in [2.75, 3.05) is 12.9 Å². The van der Waals surface area contributed by atoms with Crippen LogP contribution in [0.4, 0.5) is 0 Å². The number of nitrogens with zero attached hydrogens (tertiary/aromatic N) is 1. The van der Waals surface area contributed by atoms with Gasteiger partial charge in [-0.2, -0.15) is 0 Å². The molecule has 0 unspecified atom stereocenters. The first-order chi connectivity index (χ1) is 12.7. The van der Waals surface area contributed by atoms with Crippen molar-refractivity contribution in [3.8, 4) is 0 Å². The largest absolute Gasteiger partial charge is 0.454 e. The van der Waals surface area contributed by atoms with Crippen molar-refractivity contribution >= 4 is 23.5 Å². The lowest BCUT2D eigenvalue weighted by atomic mass is 9.84. The van der Waals surface area contributed by atoms with E-state index in [2.05, 4.69) is 4.98 Å². The monoisotopic (exact) mass is 369 g/mol. The number of hydrogen-bond acceptors (Lipinski definition) is 5. The fourth-order valence-corrected chi connectivity index (χ4v) is 3.92. The van der Waals surface area contributed by atoms with E-state index in [1.165, 1.54) is 49.4 Å². The summed E-state index contributed by atoms with van der Waals surface area (Å²) < 4.78 is 5.19. The normalized spacial score (nSPS) is 14.8. The molecule has 1 fully saturated rings. The van der Waals surface area contributed by atoms with Crippen LogP contribution in [-0.4, -0.2) is 29.6 Å². The number of thioether (sulfide) groups is 1. The Morgan fingerprint density at radius 3 is 2.54 bits per heavy atom. The van der Waals surface area contributed by atoms with Gasteiger partial charge in [-0.05, 0) is 42.7 Å². The lowest BCUT2D eigenvalue weighted by Crippen LogP contribution is -2.15. The van der Waals surface area contributed by atoms with Gasteiger partial charge in [0, 0.05) is 11.8 Å². The number of aromatic nitrogens is 1. The van der Waals surface area contributed by atoms with Crippen molar-refractivity contribution in [3.05, 3.63) is 59.3 Å². The number of ketones is 1. The Bertz CT molecular complexity index is 767. The molecule has 26 heavy (non-hydrogen) atoms. The Hall–Kier alpha value is -2.14. The molecule has 4 nitrogen and oxygen atoms in total. The fraction of sp³-hybridized carbons (Fsp3) is 0.381. The van der Waals surface area contributed by atoms with E-state index in [-0.39, 0.29) is 12.4 Å². The molecule has 5 heteroatoms. The van der Waals surface area contributed by atoms with Gasteiger partial charge in [0.25, 0.3) is 0 Å². The highest BCUT2D eigenvalue weighted by Crippen LogP contribution is 2.32. The zero-order chi connectivity index (χ0) is 18.4. The summed E-state index contributed by atoms with van der Waals surface area (Å²) in [5.74, 6) is -0.0981. The molecule has 1 aliphatic rings. The van der Waals surface area contributed by atoms with Crippen molar-refractivity contribution in [1.82, 2.24) is 4.98 Å². The van der Waals surface area contributed by atoms with Gasteiger partial charge in [-0.25, -0.2) is 9.78 Å². The lowest BCUT2D eigenvalue weighted by molar-refractivity contribution is 0.0470. The number of pyridine rings is 1. The second-order valence-electron chi connectivity index (χ2n) is 6.52. The first kappa shape index (κ1) is 18.6. The van der Waals surface area contributed by atoms with E-state index in [4.69, 9.17) is 4.74 Å². The molecule has 1 heterocycles. The summed E-state index contributed by atoms with van der Waals surface area (Å²) in [4.78, 5) is 28.7. The Kier molecular flexibility index (Phi) is 6.45. The Morgan fingerprint density at radius 1 is 1.12 bits per heavy atom. The number of esters is 1. The maximum Gasteiger partial charge on any atom is 0.341 e. The van der Waals surface area contributed by atoms with Gasteiger partial charge in [0.1, 0.15) is 5.03 Å². The van der Waals surface area contributed by atoms with Crippen LogP contribution in [0.15, 0.2) is 47.6 Å². The van der Waals surface area contributed by atoms with Crippen molar-refractivity contribution in [2.45, 2.75) is 43.0 Å². The third-order valence-corrected chi connectivity index (χ3v) is 5.54. The minimum Gasteiger partial charge on any atom is -0.454 e. The number of rotatable bonds is 6. The van der Waals surface area contributed by atoms with Crippen LogP contribution in [0.3, 0.4) is 0 Å². The quantitative estimate of drug-likeness (QED) is 0.412. The second kappa shape index (κ2) is 8.99. The third-order valence-electron chi connectivity index (χ3n) is 4.83. The van der Waals surface area contributed by atoms with E-state index in [0.717, 1.165) is 0 Å². The van der Waals surface area contributed by atoms with E-state index >= 15 is 0 Å². The minimum absolute atomic E-state index is 0.192. The summed E-state index contributed by atoms with van der Waals surface area (Å²) in [6.07, 6.45) is 9.83. The van der Waals surface area contributed by atoms with Crippen LogP contribution in [0.1, 0.15) is 64.3 Å². The molecular formula is C21H23NO3S. The van der Waals surface area contributed by atoms with Crippen molar-refractivity contribution in [2.24, 2.45) is 0 Å². The average Bonchev–Trinajstić information content (AvgIpc) is 2.72. The van der Waals surface area contributed by atoms with Gasteiger partial charge in [-0.15, -0.1) is 11.8 Å². The molecule has 0 aliphatic heterocycles. The molecule has 0 N–H and O–H groups in total. The summed E-state index contributed by atoms with van der Waals surface area (Å²) in [5, 5.41) is 0.599. The molecule has 0 saturated heterocycles. The third kappa shape index (κ3) is 4.52. The van der Waals surface area contributed by atoms with Crippen LogP contribution in [0.2, 0.25) is 0 Å². The topological polar surface area (TPSA) is 56.3 Å². The number of carbonyl (C=O) groups excluding carboxylic acids is 2. The lowest BCUT2D eigenvalue weighted by Gasteiger charge is -2.22. The van der Waals surface area contributed by atoms with Gasteiger partial charge in [0.05, 0.1) is 5.56 Å². The zero-order valence-electron chi connectivity index (χ0n) is 14.9. The van der Waals surface area contributed by atoms with E-state index in [0.29, 0.717) is 22.1 Å². The standard InChI is InChI=1S/C21H23NO3S/c1-26-20-18(8-5-13-22-20)21(24)25-14-19(23)17-11-9-16(10-12-17)15-6-3-2-4-7-15/h5,8-13,15H,2-4,6-7,14H2,1H3. The van der Waals surface area contributed by atoms with E-state index < -0.39 is 5.97 Å². The van der Waals surface area contributed by atoms with Crippen LogP contribution in [-0.2, 0) is 4.74 Å². The predicted molar refractivity (Wildman–Crippen MR) is 103 cm³/mol. The predicted octanol–water partition coefficient (Wildman–Crippen LogP) is 4.89. The number of hydrogen-bond donors (Lipinski definition) is 0. The summed E-state index contributed by atoms with van der Waals surface area (Å²) in [5.41, 5.74) is 2.27. The summed E-state index contributed by atoms with van der Waals surface area (Å²) >= 11 is 1.37. The van der Waals surface area contributed by atoms with Crippen molar-refractivity contribution in [1.29, 1.82) is 0 Å². The van der Waals surface area contributed by atoms with E-state index in [9.17, 15) is 9.59 Å². The molecule has 3 rings (SSSR count). The summed E-state index contributed by atoms with van der Waals surface area (Å²) in [7, 11) is 0. The Balaban J connectivity index is 1.58. The summed E-state index contributed by atoms with van der Waals surface area (Å²) in [6, 6.07) is 11.1. The maximum absolute atomic E-state index is 12.3. The van der Waals surface area contributed by atoms with Gasteiger partial charge < -0.3 is 4.74 Å². The van der Waals surface area contributed by atoms with Crippen LogP contribution >= 0.6 is 11.8 Å². The summed E-state index contributed by atoms with van der Waals surface area (Å²) in [6.45, 7) is -0.260. The molecule has 0 bridgehead atoms. The zero-order valence-corrected chi connectivity index (χ0v) is 15.8. The molecule has 1 aromatic carbocycles. The van der Waals surface area contributed by atoms with Gasteiger partial charge >= 0.3 is 5.97 Å². The molecule has 0 radical (unpaired) electrons. The van der Waals surface area contributed by atoms with Crippen LogP contribution in [0.5, 0.6) is 0 Å². The second-order valence-corrected chi connectivity index (χ2v) is 7.31. The first-order valence-electron chi connectivity index (χ1n) is 8.98. The maximum atomic E-state index is 12.3. The molecule has 1 aromatic heterocycles. The highest BCUT2D eigenvalue weighted by molar-refractivity contribution is 7.98. The molecule has 2 aromatic rings. The van der Waals surface area contributed by atoms with Gasteiger partial charge in [0.2, 0.25) is 0 Å². The average molecular weight is 369 g/mol. The molecule has 1 aliphatic carbocycles. The Labute approximate surface area is 158 Å². The van der Waals surface area contributed by atoms with Gasteiger partial charge in [-0.1, -0.05) is 43.5 Å². The molecular weight excluding hydrogens is 346 g/mol. The number of Topliss-reactive ketones (excluding diaryl/α,β-unsaturated/α-hetero) is 1. The molecule has 0 spiro atoms. The molecule has 0 atom stereocenters. The highest BCUT2D eigenvalue weighted by atomic mass is 32.2. The first-order valence-corrected chi connectivity index (χ1v) is 10.2. The Morgan fingerprint density at radius 2 is 1.85 bits per heavy atom. The molecule has 136 valence electrons. The highest BCUT2D eigenvalue weighted by Gasteiger charge is 2.17. The van der Waals surface area contributed by atoms with Gasteiger partial charge in [-0.3, -0.25) is 4.79 Å². The number of carbonyl (C=O) groups is 2. The van der Waals surface area contributed by atoms with E-state index in [1.54, 1.807) is 18.3 Å². The number of benzene rings is 1. The van der Waals surface area contributed by atoms with Crippen LogP contribution < -0.4 is 0 Å². The van der Waals surface area contributed by atoms with Crippen molar-refractivity contribution in [3.63, 3.8) is 0 Å². The fourth-order valence-electron chi connectivity index (χ4n) is 3.38.